The molecule has 0 radical (unpaired) electrons. The first-order valence-corrected chi connectivity index (χ1v) is 10.4. The van der Waals surface area contributed by atoms with Crippen molar-refractivity contribution in [3.05, 3.63) is 65.9 Å². The van der Waals surface area contributed by atoms with E-state index in [1.165, 1.54) is 11.3 Å². The van der Waals surface area contributed by atoms with Gasteiger partial charge >= 0.3 is 0 Å². The predicted molar refractivity (Wildman–Crippen MR) is 116 cm³/mol. The van der Waals surface area contributed by atoms with Gasteiger partial charge in [-0.05, 0) is 25.5 Å². The third kappa shape index (κ3) is 4.23. The van der Waals surface area contributed by atoms with Gasteiger partial charge in [-0.3, -0.25) is 10.1 Å². The molecule has 4 aromatic rings. The number of benzene rings is 2. The number of para-hydroxylation sites is 1. The Morgan fingerprint density at radius 2 is 1.87 bits per heavy atom. The van der Waals surface area contributed by atoms with Crippen molar-refractivity contribution in [2.45, 2.75) is 20.3 Å². The maximum atomic E-state index is 12.8. The molecule has 0 saturated heterocycles. The molecular weight excluding hydrogens is 400 g/mol. The third-order valence-corrected chi connectivity index (χ3v) is 5.32. The van der Waals surface area contributed by atoms with E-state index >= 15 is 0 Å². The third-order valence-electron chi connectivity index (χ3n) is 4.26. The number of nitrogens with zero attached hydrogens (tertiary/aromatic N) is 3. The van der Waals surface area contributed by atoms with Crippen molar-refractivity contribution in [3.63, 3.8) is 0 Å². The zero-order chi connectivity index (χ0) is 20.9. The topological polar surface area (TPSA) is 90.1 Å². The Balaban J connectivity index is 1.54. The van der Waals surface area contributed by atoms with Crippen LogP contribution in [0.1, 0.15) is 29.4 Å². The zero-order valence-electron chi connectivity index (χ0n) is 16.6. The summed E-state index contributed by atoms with van der Waals surface area (Å²) in [7, 11) is 0. The van der Waals surface area contributed by atoms with Crippen molar-refractivity contribution in [1.29, 1.82) is 0 Å². The molecule has 8 heteroatoms. The van der Waals surface area contributed by atoms with Crippen LogP contribution >= 0.6 is 11.3 Å². The fourth-order valence-corrected chi connectivity index (χ4v) is 3.71. The van der Waals surface area contributed by atoms with E-state index in [0.29, 0.717) is 40.5 Å². The Hall–Kier alpha value is -3.52. The van der Waals surface area contributed by atoms with Gasteiger partial charge in [0, 0.05) is 5.56 Å². The number of carbonyl (C=O) groups excluding carboxylic acids is 1. The van der Waals surface area contributed by atoms with Gasteiger partial charge in [-0.2, -0.15) is 4.98 Å². The number of hydrogen-bond acceptors (Lipinski definition) is 7. The SMILES string of the molecule is CCCOc1ccccc1C(=O)Nc1nc(C)c(-c2nc(-c3ccccc3)no2)s1. The van der Waals surface area contributed by atoms with Gasteiger partial charge in [0.2, 0.25) is 5.82 Å². The molecule has 0 unspecified atom stereocenters. The number of amides is 1. The Morgan fingerprint density at radius 1 is 1.10 bits per heavy atom. The van der Waals surface area contributed by atoms with Crippen LogP contribution in [-0.4, -0.2) is 27.6 Å². The molecule has 2 aromatic heterocycles. The average molecular weight is 420 g/mol. The first-order valence-electron chi connectivity index (χ1n) is 9.56. The van der Waals surface area contributed by atoms with E-state index in [2.05, 4.69) is 20.4 Å². The molecule has 2 aromatic carbocycles. The molecule has 1 N–H and O–H groups in total. The van der Waals surface area contributed by atoms with Crippen LogP contribution in [0.3, 0.4) is 0 Å². The van der Waals surface area contributed by atoms with Crippen LogP contribution in [0.2, 0.25) is 0 Å². The van der Waals surface area contributed by atoms with Crippen molar-refractivity contribution >= 4 is 22.4 Å². The van der Waals surface area contributed by atoms with Crippen LogP contribution < -0.4 is 10.1 Å². The lowest BCUT2D eigenvalue weighted by molar-refractivity contribution is 0.102. The quantitative estimate of drug-likeness (QED) is 0.441. The number of anilines is 1. The normalized spacial score (nSPS) is 10.7. The highest BCUT2D eigenvalue weighted by molar-refractivity contribution is 7.19. The minimum Gasteiger partial charge on any atom is -0.493 e. The van der Waals surface area contributed by atoms with Crippen LogP contribution in [-0.2, 0) is 0 Å². The highest BCUT2D eigenvalue weighted by Crippen LogP contribution is 2.33. The molecule has 1 amide bonds. The molecule has 7 nitrogen and oxygen atoms in total. The van der Waals surface area contributed by atoms with Gasteiger partial charge in [-0.15, -0.1) is 0 Å². The van der Waals surface area contributed by atoms with E-state index in [1.54, 1.807) is 18.2 Å². The van der Waals surface area contributed by atoms with Crippen LogP contribution in [0.5, 0.6) is 5.75 Å². The molecule has 0 aliphatic heterocycles. The Kier molecular flexibility index (Phi) is 5.85. The summed E-state index contributed by atoms with van der Waals surface area (Å²) in [5.41, 5.74) is 2.03. The maximum absolute atomic E-state index is 12.8. The molecule has 152 valence electrons. The summed E-state index contributed by atoms with van der Waals surface area (Å²) in [5, 5.41) is 7.35. The summed E-state index contributed by atoms with van der Waals surface area (Å²) >= 11 is 1.29. The predicted octanol–water partition coefficient (Wildman–Crippen LogP) is 5.21. The molecule has 30 heavy (non-hydrogen) atoms. The number of rotatable bonds is 7. The second-order valence-electron chi connectivity index (χ2n) is 6.52. The summed E-state index contributed by atoms with van der Waals surface area (Å²) in [6.45, 7) is 4.40. The fraction of sp³-hybridized carbons (Fsp3) is 0.182. The standard InChI is InChI=1S/C22H20N4O3S/c1-3-13-28-17-12-8-7-11-16(17)20(27)25-22-23-14(2)18(30-22)21-24-19(26-29-21)15-9-5-4-6-10-15/h4-12H,3,13H2,1-2H3,(H,23,25,27). The Morgan fingerprint density at radius 3 is 2.67 bits per heavy atom. The molecule has 4 rings (SSSR count). The zero-order valence-corrected chi connectivity index (χ0v) is 17.4. The van der Waals surface area contributed by atoms with Gasteiger partial charge in [0.05, 0.1) is 17.9 Å². The molecule has 0 saturated carbocycles. The molecule has 0 aliphatic carbocycles. The van der Waals surface area contributed by atoms with Gasteiger partial charge in [-0.1, -0.05) is 65.9 Å². The number of aryl methyl sites for hydroxylation is 1. The van der Waals surface area contributed by atoms with E-state index < -0.39 is 0 Å². The van der Waals surface area contributed by atoms with E-state index in [1.807, 2.05) is 50.2 Å². The lowest BCUT2D eigenvalue weighted by Crippen LogP contribution is -2.13. The van der Waals surface area contributed by atoms with Crippen molar-refractivity contribution in [2.24, 2.45) is 0 Å². The lowest BCUT2D eigenvalue weighted by Gasteiger charge is -2.09. The van der Waals surface area contributed by atoms with Gasteiger partial charge in [0.25, 0.3) is 11.8 Å². The summed E-state index contributed by atoms with van der Waals surface area (Å²) in [4.78, 5) is 22.4. The van der Waals surface area contributed by atoms with Gasteiger partial charge in [0.15, 0.2) is 5.13 Å². The number of hydrogen-bond donors (Lipinski definition) is 1. The molecule has 0 atom stereocenters. The van der Waals surface area contributed by atoms with Crippen LogP contribution in [0, 0.1) is 6.92 Å². The largest absolute Gasteiger partial charge is 0.493 e. The lowest BCUT2D eigenvalue weighted by atomic mass is 10.2. The summed E-state index contributed by atoms with van der Waals surface area (Å²) < 4.78 is 11.1. The fourth-order valence-electron chi connectivity index (χ4n) is 2.83. The molecular formula is C22H20N4O3S. The number of nitrogens with one attached hydrogen (secondary N) is 1. The van der Waals surface area contributed by atoms with Crippen LogP contribution in [0.25, 0.3) is 22.2 Å². The first-order chi connectivity index (χ1) is 14.7. The molecule has 0 aliphatic rings. The Labute approximate surface area is 177 Å². The smallest absolute Gasteiger partial charge is 0.270 e. The molecule has 0 spiro atoms. The van der Waals surface area contributed by atoms with E-state index in [9.17, 15) is 4.79 Å². The maximum Gasteiger partial charge on any atom is 0.270 e. The Bertz CT molecular complexity index is 1150. The number of thiazole rings is 1. The molecule has 2 heterocycles. The van der Waals surface area contributed by atoms with Gasteiger partial charge in [0.1, 0.15) is 10.6 Å². The van der Waals surface area contributed by atoms with E-state index in [4.69, 9.17) is 9.26 Å². The number of carbonyl (C=O) groups is 1. The highest BCUT2D eigenvalue weighted by atomic mass is 32.1. The summed E-state index contributed by atoms with van der Waals surface area (Å²) in [6.07, 6.45) is 0.861. The van der Waals surface area contributed by atoms with Crippen LogP contribution in [0.15, 0.2) is 59.1 Å². The van der Waals surface area contributed by atoms with Crippen LogP contribution in [0.4, 0.5) is 5.13 Å². The van der Waals surface area contributed by atoms with Crippen molar-refractivity contribution in [1.82, 2.24) is 15.1 Å². The van der Waals surface area contributed by atoms with Gasteiger partial charge < -0.3 is 9.26 Å². The average Bonchev–Trinajstić information content (AvgIpc) is 3.39. The van der Waals surface area contributed by atoms with E-state index in [0.717, 1.165) is 16.9 Å². The van der Waals surface area contributed by atoms with E-state index in [-0.39, 0.29) is 5.91 Å². The first kappa shape index (κ1) is 19.8. The number of ether oxygens (including phenoxy) is 1. The number of aromatic nitrogens is 3. The molecule has 0 fully saturated rings. The monoisotopic (exact) mass is 420 g/mol. The van der Waals surface area contributed by atoms with Crippen molar-refractivity contribution in [3.8, 4) is 27.9 Å². The summed E-state index contributed by atoms with van der Waals surface area (Å²) in [5.74, 6) is 1.15. The van der Waals surface area contributed by atoms with Gasteiger partial charge in [-0.25, -0.2) is 4.98 Å². The minimum atomic E-state index is -0.280. The van der Waals surface area contributed by atoms with Crippen molar-refractivity contribution in [2.75, 3.05) is 11.9 Å². The second-order valence-corrected chi connectivity index (χ2v) is 7.52. The summed E-state index contributed by atoms with van der Waals surface area (Å²) in [6, 6.07) is 16.7. The van der Waals surface area contributed by atoms with Crippen molar-refractivity contribution < 1.29 is 14.1 Å². The molecule has 0 bridgehead atoms. The highest BCUT2D eigenvalue weighted by Gasteiger charge is 2.19. The second kappa shape index (κ2) is 8.87. The minimum absolute atomic E-state index is 0.280.